The Hall–Kier alpha value is -1.30. The van der Waals surface area contributed by atoms with Crippen molar-refractivity contribution in [3.8, 4) is 0 Å². The van der Waals surface area contributed by atoms with E-state index < -0.39 is 17.7 Å². The highest BCUT2D eigenvalue weighted by Crippen LogP contribution is 2.30. The Balaban J connectivity index is 2.41. The van der Waals surface area contributed by atoms with Crippen LogP contribution in [0.15, 0.2) is 30.3 Å². The zero-order chi connectivity index (χ0) is 13.1. The number of hydrogen-bond acceptors (Lipinski definition) is 3. The van der Waals surface area contributed by atoms with Gasteiger partial charge >= 0.3 is 0 Å². The molecule has 18 heavy (non-hydrogen) atoms. The number of aryl methyl sites for hydroxylation is 1. The van der Waals surface area contributed by atoms with E-state index in [9.17, 15) is 8.78 Å². The summed E-state index contributed by atoms with van der Waals surface area (Å²) in [5.74, 6) is 4.53. The third kappa shape index (κ3) is 2.58. The highest BCUT2D eigenvalue weighted by molar-refractivity contribution is 7.12. The second-order valence-corrected chi connectivity index (χ2v) is 5.12. The standard InChI is InChI=1S/C13H14F2N2S/c1-2-9-4-6-12(18-9)13(17-16)10-7-8(14)3-5-11(10)15/h3-7,13,17H,2,16H2,1H3. The Bertz CT molecular complexity index is 540. The number of hydrogen-bond donors (Lipinski definition) is 2. The summed E-state index contributed by atoms with van der Waals surface area (Å²) < 4.78 is 26.9. The summed E-state index contributed by atoms with van der Waals surface area (Å²) in [7, 11) is 0. The molecule has 1 atom stereocenters. The number of halogens is 2. The van der Waals surface area contributed by atoms with Gasteiger partial charge in [0.05, 0.1) is 6.04 Å². The van der Waals surface area contributed by atoms with Gasteiger partial charge in [-0.1, -0.05) is 6.92 Å². The first kappa shape index (κ1) is 13.1. The number of hydrazine groups is 1. The summed E-state index contributed by atoms with van der Waals surface area (Å²) >= 11 is 1.54. The predicted octanol–water partition coefficient (Wildman–Crippen LogP) is 3.14. The Labute approximate surface area is 108 Å². The number of nitrogens with two attached hydrogens (primary N) is 1. The normalized spacial score (nSPS) is 12.7. The molecule has 3 N–H and O–H groups in total. The van der Waals surface area contributed by atoms with Gasteiger partial charge < -0.3 is 0 Å². The van der Waals surface area contributed by atoms with Crippen molar-refractivity contribution in [3.63, 3.8) is 0 Å². The van der Waals surface area contributed by atoms with Crippen molar-refractivity contribution >= 4 is 11.3 Å². The lowest BCUT2D eigenvalue weighted by atomic mass is 10.1. The Morgan fingerprint density at radius 1 is 1.28 bits per heavy atom. The van der Waals surface area contributed by atoms with Gasteiger partial charge in [-0.3, -0.25) is 5.84 Å². The molecule has 1 aromatic heterocycles. The van der Waals surface area contributed by atoms with Crippen molar-refractivity contribution in [1.82, 2.24) is 5.43 Å². The fourth-order valence-corrected chi connectivity index (χ4v) is 2.83. The zero-order valence-electron chi connectivity index (χ0n) is 9.91. The number of nitrogens with one attached hydrogen (secondary N) is 1. The molecule has 0 bridgehead atoms. The lowest BCUT2D eigenvalue weighted by Gasteiger charge is -2.15. The van der Waals surface area contributed by atoms with Crippen molar-refractivity contribution in [2.75, 3.05) is 0 Å². The topological polar surface area (TPSA) is 38.0 Å². The van der Waals surface area contributed by atoms with Gasteiger partial charge in [0.25, 0.3) is 0 Å². The van der Waals surface area contributed by atoms with Gasteiger partial charge in [0, 0.05) is 15.3 Å². The second-order valence-electron chi connectivity index (χ2n) is 3.92. The van der Waals surface area contributed by atoms with Gasteiger partial charge in [-0.15, -0.1) is 11.3 Å². The summed E-state index contributed by atoms with van der Waals surface area (Å²) in [5, 5.41) is 0. The van der Waals surface area contributed by atoms with Crippen LogP contribution in [0.2, 0.25) is 0 Å². The van der Waals surface area contributed by atoms with Crippen molar-refractivity contribution in [3.05, 3.63) is 57.3 Å². The van der Waals surface area contributed by atoms with E-state index in [4.69, 9.17) is 5.84 Å². The Morgan fingerprint density at radius 2 is 2.06 bits per heavy atom. The van der Waals surface area contributed by atoms with Crippen molar-refractivity contribution in [2.24, 2.45) is 5.84 Å². The quantitative estimate of drug-likeness (QED) is 0.660. The number of thiophene rings is 1. The van der Waals surface area contributed by atoms with Gasteiger partial charge in [0.15, 0.2) is 0 Å². The summed E-state index contributed by atoms with van der Waals surface area (Å²) in [6.45, 7) is 2.04. The van der Waals surface area contributed by atoms with Gasteiger partial charge in [-0.2, -0.15) is 0 Å². The molecule has 2 aromatic rings. The van der Waals surface area contributed by atoms with E-state index in [1.165, 1.54) is 10.9 Å². The first-order valence-electron chi connectivity index (χ1n) is 5.65. The molecular formula is C13H14F2N2S. The summed E-state index contributed by atoms with van der Waals surface area (Å²) in [6, 6.07) is 6.72. The second kappa shape index (κ2) is 5.56. The fraction of sp³-hybridized carbons (Fsp3) is 0.231. The first-order valence-corrected chi connectivity index (χ1v) is 6.47. The van der Waals surface area contributed by atoms with Gasteiger partial charge in [-0.25, -0.2) is 14.2 Å². The molecule has 2 rings (SSSR count). The van der Waals surface area contributed by atoms with E-state index >= 15 is 0 Å². The Kier molecular flexibility index (Phi) is 4.06. The van der Waals surface area contributed by atoms with Gasteiger partial charge in [0.2, 0.25) is 0 Å². The van der Waals surface area contributed by atoms with E-state index in [-0.39, 0.29) is 5.56 Å². The highest BCUT2D eigenvalue weighted by atomic mass is 32.1. The van der Waals surface area contributed by atoms with E-state index in [1.54, 1.807) is 11.3 Å². The predicted molar refractivity (Wildman–Crippen MR) is 69.2 cm³/mol. The molecule has 0 aliphatic heterocycles. The van der Waals surface area contributed by atoms with Crippen LogP contribution < -0.4 is 11.3 Å². The maximum atomic E-state index is 13.7. The third-order valence-corrected chi connectivity index (χ3v) is 4.05. The molecule has 0 spiro atoms. The number of benzene rings is 1. The van der Waals surface area contributed by atoms with Crippen LogP contribution >= 0.6 is 11.3 Å². The summed E-state index contributed by atoms with van der Waals surface area (Å²) in [4.78, 5) is 2.06. The monoisotopic (exact) mass is 268 g/mol. The average Bonchev–Trinajstić information content (AvgIpc) is 2.83. The molecule has 1 heterocycles. The maximum Gasteiger partial charge on any atom is 0.128 e. The smallest absolute Gasteiger partial charge is 0.128 e. The van der Waals surface area contributed by atoms with Crippen LogP contribution in [-0.2, 0) is 6.42 Å². The highest BCUT2D eigenvalue weighted by Gasteiger charge is 2.19. The molecule has 1 unspecified atom stereocenters. The zero-order valence-corrected chi connectivity index (χ0v) is 10.7. The van der Waals surface area contributed by atoms with Gasteiger partial charge in [0.1, 0.15) is 11.6 Å². The van der Waals surface area contributed by atoms with Crippen molar-refractivity contribution in [2.45, 2.75) is 19.4 Å². The first-order chi connectivity index (χ1) is 8.65. The molecule has 0 aliphatic carbocycles. The van der Waals surface area contributed by atoms with Crippen LogP contribution in [0, 0.1) is 11.6 Å². The van der Waals surface area contributed by atoms with Crippen LogP contribution in [0.4, 0.5) is 8.78 Å². The largest absolute Gasteiger partial charge is 0.271 e. The van der Waals surface area contributed by atoms with E-state index in [2.05, 4.69) is 5.43 Å². The van der Waals surface area contributed by atoms with Crippen LogP contribution in [0.1, 0.15) is 28.3 Å². The molecule has 0 amide bonds. The van der Waals surface area contributed by atoms with E-state index in [0.717, 1.165) is 23.4 Å². The van der Waals surface area contributed by atoms with E-state index in [1.807, 2.05) is 19.1 Å². The molecule has 0 fully saturated rings. The summed E-state index contributed by atoms with van der Waals surface area (Å²) in [5.41, 5.74) is 2.77. The molecule has 0 aliphatic rings. The minimum Gasteiger partial charge on any atom is -0.271 e. The van der Waals surface area contributed by atoms with E-state index in [0.29, 0.717) is 0 Å². The molecule has 5 heteroatoms. The maximum absolute atomic E-state index is 13.7. The molecule has 0 saturated heterocycles. The van der Waals surface area contributed by atoms with Gasteiger partial charge in [-0.05, 0) is 36.8 Å². The average molecular weight is 268 g/mol. The van der Waals surface area contributed by atoms with Crippen molar-refractivity contribution in [1.29, 1.82) is 0 Å². The fourth-order valence-electron chi connectivity index (χ4n) is 1.80. The van der Waals surface area contributed by atoms with Crippen LogP contribution in [0.25, 0.3) is 0 Å². The van der Waals surface area contributed by atoms with Crippen LogP contribution in [0.3, 0.4) is 0 Å². The van der Waals surface area contributed by atoms with Crippen molar-refractivity contribution < 1.29 is 8.78 Å². The lowest BCUT2D eigenvalue weighted by molar-refractivity contribution is 0.549. The molecule has 0 saturated carbocycles. The minimum atomic E-state index is -0.522. The molecular weight excluding hydrogens is 254 g/mol. The van der Waals surface area contributed by atoms with Crippen LogP contribution in [0.5, 0.6) is 0 Å². The molecule has 0 radical (unpaired) electrons. The lowest BCUT2D eigenvalue weighted by Crippen LogP contribution is -2.29. The minimum absolute atomic E-state index is 0.224. The molecule has 2 nitrogen and oxygen atoms in total. The molecule has 96 valence electrons. The SMILES string of the molecule is CCc1ccc(C(NN)c2cc(F)ccc2F)s1. The number of rotatable bonds is 4. The summed E-state index contributed by atoms with van der Waals surface area (Å²) in [6.07, 6.45) is 0.910. The third-order valence-electron chi connectivity index (χ3n) is 2.75. The Morgan fingerprint density at radius 3 is 2.67 bits per heavy atom. The molecule has 1 aromatic carbocycles. The van der Waals surface area contributed by atoms with Crippen LogP contribution in [-0.4, -0.2) is 0 Å².